The molecular formula is C23H23N5O. The third kappa shape index (κ3) is 3.53. The first-order valence-electron chi connectivity index (χ1n) is 10.1. The maximum atomic E-state index is 12.9. The number of nitrogens with one attached hydrogen (secondary N) is 1. The molecule has 0 bridgehead atoms. The summed E-state index contributed by atoms with van der Waals surface area (Å²) in [6, 6.07) is 16.2. The van der Waals surface area contributed by atoms with E-state index in [9.17, 15) is 4.79 Å². The molecule has 0 unspecified atom stereocenters. The number of rotatable bonds is 5. The van der Waals surface area contributed by atoms with Crippen LogP contribution in [0.4, 0.5) is 5.95 Å². The molecule has 0 saturated heterocycles. The third-order valence-corrected chi connectivity index (χ3v) is 5.65. The van der Waals surface area contributed by atoms with Crippen LogP contribution in [0.2, 0.25) is 0 Å². The molecule has 146 valence electrons. The molecule has 5 rings (SSSR count). The summed E-state index contributed by atoms with van der Waals surface area (Å²) in [6.07, 6.45) is 10.2. The van der Waals surface area contributed by atoms with Crippen molar-refractivity contribution >= 4 is 22.9 Å². The Morgan fingerprint density at radius 3 is 2.62 bits per heavy atom. The van der Waals surface area contributed by atoms with Gasteiger partial charge >= 0.3 is 0 Å². The number of amides is 1. The topological polar surface area (TPSA) is 64.7 Å². The molecule has 1 aliphatic carbocycles. The molecule has 4 aromatic rings. The fraction of sp³-hybridized carbons (Fsp3) is 0.261. The lowest BCUT2D eigenvalue weighted by Gasteiger charge is -2.16. The normalized spacial score (nSPS) is 14.5. The number of benzene rings is 2. The monoisotopic (exact) mass is 385 g/mol. The van der Waals surface area contributed by atoms with Crippen LogP contribution >= 0.6 is 0 Å². The summed E-state index contributed by atoms with van der Waals surface area (Å²) in [6.45, 7) is 0.735. The van der Waals surface area contributed by atoms with Gasteiger partial charge in [-0.15, -0.1) is 0 Å². The number of hydrogen-bond donors (Lipinski definition) is 1. The summed E-state index contributed by atoms with van der Waals surface area (Å²) in [4.78, 5) is 21.7. The molecule has 2 aromatic heterocycles. The van der Waals surface area contributed by atoms with Gasteiger partial charge in [-0.3, -0.25) is 10.1 Å². The molecule has 1 fully saturated rings. The molecule has 1 N–H and O–H groups in total. The number of aromatic nitrogens is 4. The molecule has 2 heterocycles. The highest BCUT2D eigenvalue weighted by molar-refractivity contribution is 6.04. The third-order valence-electron chi connectivity index (χ3n) is 5.65. The Balaban J connectivity index is 1.39. The first-order chi connectivity index (χ1) is 14.3. The first kappa shape index (κ1) is 17.7. The number of para-hydroxylation sites is 2. The van der Waals surface area contributed by atoms with Crippen LogP contribution in [-0.2, 0) is 6.54 Å². The lowest BCUT2D eigenvalue weighted by molar-refractivity contribution is 0.102. The smallest absolute Gasteiger partial charge is 0.257 e. The molecule has 1 saturated carbocycles. The molecule has 0 radical (unpaired) electrons. The average Bonchev–Trinajstić information content (AvgIpc) is 3.49. The molecule has 0 spiro atoms. The van der Waals surface area contributed by atoms with E-state index in [1.807, 2.05) is 53.2 Å². The van der Waals surface area contributed by atoms with Gasteiger partial charge in [-0.2, -0.15) is 0 Å². The molecule has 6 nitrogen and oxygen atoms in total. The number of anilines is 1. The fourth-order valence-electron chi connectivity index (χ4n) is 4.19. The van der Waals surface area contributed by atoms with Crippen LogP contribution in [0.25, 0.3) is 11.0 Å². The van der Waals surface area contributed by atoms with Crippen LogP contribution in [0, 0.1) is 0 Å². The van der Waals surface area contributed by atoms with Crippen molar-refractivity contribution in [2.75, 3.05) is 5.32 Å². The Morgan fingerprint density at radius 1 is 1.07 bits per heavy atom. The highest BCUT2D eigenvalue weighted by Gasteiger charge is 2.23. The van der Waals surface area contributed by atoms with E-state index < -0.39 is 0 Å². The van der Waals surface area contributed by atoms with Gasteiger partial charge in [0, 0.05) is 30.5 Å². The first-order valence-corrected chi connectivity index (χ1v) is 10.1. The van der Waals surface area contributed by atoms with Crippen molar-refractivity contribution in [2.45, 2.75) is 38.3 Å². The van der Waals surface area contributed by atoms with Crippen LogP contribution in [0.5, 0.6) is 0 Å². The van der Waals surface area contributed by atoms with E-state index in [-0.39, 0.29) is 5.91 Å². The van der Waals surface area contributed by atoms with E-state index >= 15 is 0 Å². The molecule has 1 amide bonds. The Labute approximate surface area is 169 Å². The van der Waals surface area contributed by atoms with Gasteiger partial charge in [0.2, 0.25) is 5.95 Å². The van der Waals surface area contributed by atoms with Gasteiger partial charge in [0.15, 0.2) is 0 Å². The summed E-state index contributed by atoms with van der Waals surface area (Å²) >= 11 is 0. The minimum absolute atomic E-state index is 0.131. The average molecular weight is 385 g/mol. The molecular weight excluding hydrogens is 362 g/mol. The predicted octanol–water partition coefficient (Wildman–Crippen LogP) is 4.65. The number of nitrogens with zero attached hydrogens (tertiary/aromatic N) is 4. The van der Waals surface area contributed by atoms with Crippen molar-refractivity contribution in [1.82, 2.24) is 19.1 Å². The van der Waals surface area contributed by atoms with Gasteiger partial charge in [0.1, 0.15) is 0 Å². The summed E-state index contributed by atoms with van der Waals surface area (Å²) in [7, 11) is 0. The molecule has 6 heteroatoms. The minimum atomic E-state index is -0.131. The van der Waals surface area contributed by atoms with Crippen molar-refractivity contribution in [3.8, 4) is 0 Å². The Kier molecular flexibility index (Phi) is 4.60. The number of hydrogen-bond acceptors (Lipinski definition) is 3. The number of carbonyl (C=O) groups excluding carboxylic acids is 1. The molecule has 2 aromatic carbocycles. The standard InChI is InChI=1S/C23H23N5O/c29-22(18-11-9-17(10-12-18)15-27-14-13-24-16-27)26-23-25-20-7-3-4-8-21(20)28(23)19-5-1-2-6-19/h3-4,7-14,16,19H,1-2,5-6,15H2,(H,25,26,29). The van der Waals surface area contributed by atoms with E-state index in [1.54, 1.807) is 12.5 Å². The van der Waals surface area contributed by atoms with Gasteiger partial charge in [0.25, 0.3) is 5.91 Å². The zero-order valence-corrected chi connectivity index (χ0v) is 16.2. The second-order valence-electron chi connectivity index (χ2n) is 7.62. The van der Waals surface area contributed by atoms with Crippen LogP contribution in [0.3, 0.4) is 0 Å². The summed E-state index contributed by atoms with van der Waals surface area (Å²) in [5, 5.41) is 3.06. The summed E-state index contributed by atoms with van der Waals surface area (Å²) < 4.78 is 4.21. The van der Waals surface area contributed by atoms with E-state index in [4.69, 9.17) is 4.98 Å². The number of fused-ring (bicyclic) bond motifs is 1. The van der Waals surface area contributed by atoms with E-state index in [2.05, 4.69) is 20.9 Å². The highest BCUT2D eigenvalue weighted by Crippen LogP contribution is 2.35. The van der Waals surface area contributed by atoms with Crippen LogP contribution in [-0.4, -0.2) is 25.0 Å². The molecule has 29 heavy (non-hydrogen) atoms. The van der Waals surface area contributed by atoms with Crippen molar-refractivity contribution in [3.63, 3.8) is 0 Å². The Bertz CT molecular complexity index is 1120. The minimum Gasteiger partial charge on any atom is -0.333 e. The predicted molar refractivity (Wildman–Crippen MR) is 113 cm³/mol. The van der Waals surface area contributed by atoms with Gasteiger partial charge in [-0.05, 0) is 42.7 Å². The van der Waals surface area contributed by atoms with Crippen molar-refractivity contribution in [2.24, 2.45) is 0 Å². The van der Waals surface area contributed by atoms with Crippen molar-refractivity contribution in [3.05, 3.63) is 78.4 Å². The van der Waals surface area contributed by atoms with Crippen LogP contribution < -0.4 is 5.32 Å². The van der Waals surface area contributed by atoms with Gasteiger partial charge in [-0.25, -0.2) is 9.97 Å². The largest absolute Gasteiger partial charge is 0.333 e. The van der Waals surface area contributed by atoms with Crippen LogP contribution in [0.1, 0.15) is 47.6 Å². The summed E-state index contributed by atoms with van der Waals surface area (Å²) in [5.74, 6) is 0.513. The second-order valence-corrected chi connectivity index (χ2v) is 7.62. The maximum absolute atomic E-state index is 12.9. The lowest BCUT2D eigenvalue weighted by atomic mass is 10.1. The van der Waals surface area contributed by atoms with E-state index in [0.29, 0.717) is 17.6 Å². The van der Waals surface area contributed by atoms with Crippen molar-refractivity contribution < 1.29 is 4.79 Å². The van der Waals surface area contributed by atoms with Gasteiger partial charge in [0.05, 0.1) is 17.4 Å². The molecule has 1 aliphatic rings. The Morgan fingerprint density at radius 2 is 1.86 bits per heavy atom. The summed E-state index contributed by atoms with van der Waals surface area (Å²) in [5.41, 5.74) is 3.76. The van der Waals surface area contributed by atoms with E-state index in [1.165, 1.54) is 12.8 Å². The molecule has 0 aliphatic heterocycles. The van der Waals surface area contributed by atoms with Crippen molar-refractivity contribution in [1.29, 1.82) is 0 Å². The highest BCUT2D eigenvalue weighted by atomic mass is 16.1. The zero-order chi connectivity index (χ0) is 19.6. The maximum Gasteiger partial charge on any atom is 0.257 e. The quantitative estimate of drug-likeness (QED) is 0.544. The van der Waals surface area contributed by atoms with Gasteiger partial charge < -0.3 is 9.13 Å². The SMILES string of the molecule is O=C(Nc1nc2ccccc2n1C1CCCC1)c1ccc(Cn2ccnc2)cc1. The van der Waals surface area contributed by atoms with Crippen LogP contribution in [0.15, 0.2) is 67.3 Å². The molecule has 0 atom stereocenters. The van der Waals surface area contributed by atoms with E-state index in [0.717, 1.165) is 36.0 Å². The second kappa shape index (κ2) is 7.54. The number of carbonyl (C=O) groups is 1. The zero-order valence-electron chi connectivity index (χ0n) is 16.2. The lowest BCUT2D eigenvalue weighted by Crippen LogP contribution is -2.17. The number of imidazole rings is 2. The fourth-order valence-corrected chi connectivity index (χ4v) is 4.19. The van der Waals surface area contributed by atoms with Gasteiger partial charge in [-0.1, -0.05) is 37.1 Å². The Hall–Kier alpha value is -3.41.